The molecule has 0 saturated heterocycles. The lowest BCUT2D eigenvalue weighted by molar-refractivity contribution is -0.137. The van der Waals surface area contributed by atoms with Crippen molar-refractivity contribution in [2.24, 2.45) is 0 Å². The predicted octanol–water partition coefficient (Wildman–Crippen LogP) is 4.95. The molecule has 0 fully saturated rings. The van der Waals surface area contributed by atoms with Crippen molar-refractivity contribution in [1.29, 1.82) is 0 Å². The maximum Gasteiger partial charge on any atom is 0.304 e. The van der Waals surface area contributed by atoms with E-state index in [1.807, 2.05) is 18.2 Å². The van der Waals surface area contributed by atoms with E-state index in [1.165, 1.54) is 6.07 Å². The van der Waals surface area contributed by atoms with Gasteiger partial charge in [0.05, 0.1) is 17.1 Å². The summed E-state index contributed by atoms with van der Waals surface area (Å²) in [6, 6.07) is 15.9. The summed E-state index contributed by atoms with van der Waals surface area (Å²) in [6.07, 6.45) is 0.922. The average molecular weight is 441 g/mol. The molecule has 2 aromatic carbocycles. The lowest BCUT2D eigenvalue weighted by Gasteiger charge is -2.27. The number of hydrogen-bond donors (Lipinski definition) is 1. The van der Waals surface area contributed by atoms with Crippen LogP contribution in [-0.4, -0.2) is 34.0 Å². The number of halogens is 2. The number of rotatable bonds is 7. The van der Waals surface area contributed by atoms with Gasteiger partial charge in [0, 0.05) is 42.9 Å². The molecule has 0 amide bonds. The Morgan fingerprint density at radius 3 is 2.81 bits per heavy atom. The smallest absolute Gasteiger partial charge is 0.304 e. The molecule has 31 heavy (non-hydrogen) atoms. The number of pyridine rings is 1. The molecule has 2 heterocycles. The molecule has 1 aliphatic heterocycles. The van der Waals surface area contributed by atoms with Crippen molar-refractivity contribution in [3.63, 3.8) is 0 Å². The fourth-order valence-corrected chi connectivity index (χ4v) is 3.86. The second-order valence-electron chi connectivity index (χ2n) is 7.50. The van der Waals surface area contributed by atoms with Crippen molar-refractivity contribution in [3.05, 3.63) is 82.3 Å². The lowest BCUT2D eigenvalue weighted by atomic mass is 10.0. The van der Waals surface area contributed by atoms with Crippen LogP contribution in [0.1, 0.15) is 23.2 Å². The summed E-state index contributed by atoms with van der Waals surface area (Å²) in [5.41, 5.74) is 4.31. The molecular weight excluding hydrogens is 419 g/mol. The van der Waals surface area contributed by atoms with Crippen LogP contribution >= 0.6 is 11.6 Å². The number of carbonyl (C=O) groups is 1. The van der Waals surface area contributed by atoms with Gasteiger partial charge in [0.1, 0.15) is 18.2 Å². The first-order chi connectivity index (χ1) is 15.0. The number of carboxylic acid groups (broad SMARTS) is 1. The molecule has 1 aromatic heterocycles. The summed E-state index contributed by atoms with van der Waals surface area (Å²) in [4.78, 5) is 17.7. The van der Waals surface area contributed by atoms with Crippen molar-refractivity contribution in [2.45, 2.75) is 26.0 Å². The van der Waals surface area contributed by atoms with Crippen LogP contribution in [-0.2, 0) is 24.4 Å². The molecule has 4 rings (SSSR count). The summed E-state index contributed by atoms with van der Waals surface area (Å²) >= 11 is 6.41. The van der Waals surface area contributed by atoms with Crippen molar-refractivity contribution < 1.29 is 19.0 Å². The number of aliphatic carboxylic acids is 1. The molecule has 0 unspecified atom stereocenters. The molecule has 1 aliphatic rings. The summed E-state index contributed by atoms with van der Waals surface area (Å²) in [6.45, 7) is 2.14. The van der Waals surface area contributed by atoms with Gasteiger partial charge in [-0.1, -0.05) is 35.9 Å². The highest BCUT2D eigenvalue weighted by Gasteiger charge is 2.19. The first-order valence-electron chi connectivity index (χ1n) is 10.1. The SMILES string of the molecule is O=C(O)CCN1CCc2nc(-c3ccc(OCc4ccccc4F)c(Cl)c3)ccc2C1. The Labute approximate surface area is 185 Å². The van der Waals surface area contributed by atoms with Gasteiger partial charge in [0.2, 0.25) is 0 Å². The normalized spacial score (nSPS) is 13.6. The van der Waals surface area contributed by atoms with E-state index in [0.29, 0.717) is 29.4 Å². The molecule has 0 spiro atoms. The molecule has 1 N–H and O–H groups in total. The Morgan fingerprint density at radius 1 is 1.19 bits per heavy atom. The van der Waals surface area contributed by atoms with Crippen LogP contribution < -0.4 is 4.74 Å². The van der Waals surface area contributed by atoms with Crippen molar-refractivity contribution in [3.8, 4) is 17.0 Å². The number of ether oxygens (including phenoxy) is 1. The molecule has 0 saturated carbocycles. The van der Waals surface area contributed by atoms with Crippen LogP contribution in [0.3, 0.4) is 0 Å². The Balaban J connectivity index is 1.45. The third-order valence-electron chi connectivity index (χ3n) is 5.34. The molecule has 7 heteroatoms. The summed E-state index contributed by atoms with van der Waals surface area (Å²) in [7, 11) is 0. The Kier molecular flexibility index (Phi) is 6.49. The highest BCUT2D eigenvalue weighted by molar-refractivity contribution is 6.32. The summed E-state index contributed by atoms with van der Waals surface area (Å²) < 4.78 is 19.5. The minimum Gasteiger partial charge on any atom is -0.487 e. The van der Waals surface area contributed by atoms with E-state index in [0.717, 1.165) is 35.5 Å². The fraction of sp³-hybridized carbons (Fsp3) is 0.250. The van der Waals surface area contributed by atoms with Gasteiger partial charge in [-0.25, -0.2) is 4.39 Å². The first kappa shape index (κ1) is 21.3. The quantitative estimate of drug-likeness (QED) is 0.563. The lowest BCUT2D eigenvalue weighted by Crippen LogP contribution is -2.32. The van der Waals surface area contributed by atoms with Crippen molar-refractivity contribution in [2.75, 3.05) is 13.1 Å². The highest BCUT2D eigenvalue weighted by atomic mass is 35.5. The second-order valence-corrected chi connectivity index (χ2v) is 7.90. The number of fused-ring (bicyclic) bond motifs is 1. The Bertz CT molecular complexity index is 1110. The molecule has 0 atom stereocenters. The Hall–Kier alpha value is -2.96. The van der Waals surface area contributed by atoms with Gasteiger partial charge in [-0.15, -0.1) is 0 Å². The van der Waals surface area contributed by atoms with Crippen LogP contribution in [0.15, 0.2) is 54.6 Å². The van der Waals surface area contributed by atoms with Gasteiger partial charge in [0.25, 0.3) is 0 Å². The number of nitrogens with zero attached hydrogens (tertiary/aromatic N) is 2. The molecular formula is C24H22ClFN2O3. The zero-order chi connectivity index (χ0) is 21.8. The van der Waals surface area contributed by atoms with E-state index in [-0.39, 0.29) is 18.8 Å². The van der Waals surface area contributed by atoms with Crippen LogP contribution in [0.2, 0.25) is 5.02 Å². The van der Waals surface area contributed by atoms with E-state index in [4.69, 9.17) is 26.4 Å². The van der Waals surface area contributed by atoms with Crippen LogP contribution in [0.4, 0.5) is 4.39 Å². The van der Waals surface area contributed by atoms with Gasteiger partial charge in [-0.3, -0.25) is 14.7 Å². The van der Waals surface area contributed by atoms with E-state index in [2.05, 4.69) is 4.90 Å². The summed E-state index contributed by atoms with van der Waals surface area (Å²) in [5.74, 6) is -0.604. The minimum atomic E-state index is -0.780. The van der Waals surface area contributed by atoms with Gasteiger partial charge in [-0.05, 0) is 35.9 Å². The zero-order valence-corrected chi connectivity index (χ0v) is 17.6. The number of carboxylic acids is 1. The third-order valence-corrected chi connectivity index (χ3v) is 5.63. The van der Waals surface area contributed by atoms with E-state index >= 15 is 0 Å². The highest BCUT2D eigenvalue weighted by Crippen LogP contribution is 2.31. The maximum atomic E-state index is 13.8. The molecule has 0 bridgehead atoms. The molecule has 0 aliphatic carbocycles. The van der Waals surface area contributed by atoms with E-state index in [9.17, 15) is 9.18 Å². The van der Waals surface area contributed by atoms with Gasteiger partial charge >= 0.3 is 5.97 Å². The van der Waals surface area contributed by atoms with Crippen LogP contribution in [0, 0.1) is 5.82 Å². The average Bonchev–Trinajstić information content (AvgIpc) is 2.77. The third kappa shape index (κ3) is 5.21. The largest absolute Gasteiger partial charge is 0.487 e. The van der Waals surface area contributed by atoms with Crippen LogP contribution in [0.5, 0.6) is 5.75 Å². The van der Waals surface area contributed by atoms with Crippen LogP contribution in [0.25, 0.3) is 11.3 Å². The molecule has 160 valence electrons. The first-order valence-corrected chi connectivity index (χ1v) is 10.5. The van der Waals surface area contributed by atoms with Crippen molar-refractivity contribution >= 4 is 17.6 Å². The van der Waals surface area contributed by atoms with Gasteiger partial charge in [-0.2, -0.15) is 0 Å². The molecule has 5 nitrogen and oxygen atoms in total. The number of benzene rings is 2. The van der Waals surface area contributed by atoms with Gasteiger partial charge in [0.15, 0.2) is 0 Å². The second kappa shape index (κ2) is 9.45. The van der Waals surface area contributed by atoms with Crippen molar-refractivity contribution in [1.82, 2.24) is 9.88 Å². The summed E-state index contributed by atoms with van der Waals surface area (Å²) in [5, 5.41) is 9.31. The number of aromatic nitrogens is 1. The number of hydrogen-bond acceptors (Lipinski definition) is 4. The maximum absolute atomic E-state index is 13.8. The van der Waals surface area contributed by atoms with Gasteiger partial charge < -0.3 is 9.84 Å². The molecule has 3 aromatic rings. The molecule has 0 radical (unpaired) electrons. The topological polar surface area (TPSA) is 62.7 Å². The fourth-order valence-electron chi connectivity index (χ4n) is 3.63. The predicted molar refractivity (Wildman–Crippen MR) is 117 cm³/mol. The Morgan fingerprint density at radius 2 is 2.03 bits per heavy atom. The van der Waals surface area contributed by atoms with E-state index < -0.39 is 5.97 Å². The zero-order valence-electron chi connectivity index (χ0n) is 16.9. The minimum absolute atomic E-state index is 0.0984. The monoisotopic (exact) mass is 440 g/mol. The standard InChI is InChI=1S/C24H22ClFN2O3/c25-19-13-16(6-8-23(19)31-15-18-3-1-2-4-20(18)26)21-7-5-17-14-28(12-10-24(29)30)11-9-22(17)27-21/h1-8,13H,9-12,14-15H2,(H,29,30). The van der Waals surface area contributed by atoms with E-state index in [1.54, 1.807) is 30.3 Å².